The largest absolute Gasteiger partial charge is 0.327 e. The van der Waals surface area contributed by atoms with Crippen molar-refractivity contribution < 1.29 is 13.6 Å². The molecular weight excluding hydrogens is 458 g/mol. The predicted octanol–water partition coefficient (Wildman–Crippen LogP) is 5.64. The van der Waals surface area contributed by atoms with Crippen LogP contribution in [0.5, 0.6) is 0 Å². The number of nitrogens with zero attached hydrogens (tertiary/aromatic N) is 3. The molecule has 8 heteroatoms. The third-order valence-electron chi connectivity index (χ3n) is 6.00. The van der Waals surface area contributed by atoms with Gasteiger partial charge in [0.2, 0.25) is 5.91 Å². The molecule has 0 unspecified atom stereocenters. The van der Waals surface area contributed by atoms with Gasteiger partial charge in [0, 0.05) is 24.3 Å². The molecule has 5 nitrogen and oxygen atoms in total. The molecule has 34 heavy (non-hydrogen) atoms. The first-order valence-corrected chi connectivity index (χ1v) is 11.6. The van der Waals surface area contributed by atoms with Gasteiger partial charge in [0.15, 0.2) is 0 Å². The van der Waals surface area contributed by atoms with Crippen molar-refractivity contribution in [1.29, 1.82) is 0 Å². The van der Waals surface area contributed by atoms with Crippen LogP contribution in [0.1, 0.15) is 50.7 Å². The molecule has 3 aromatic rings. The van der Waals surface area contributed by atoms with E-state index in [0.29, 0.717) is 18.7 Å². The second kappa shape index (κ2) is 10.2. The van der Waals surface area contributed by atoms with Gasteiger partial charge in [-0.1, -0.05) is 49.2 Å². The van der Waals surface area contributed by atoms with E-state index in [4.69, 9.17) is 22.3 Å². The van der Waals surface area contributed by atoms with Crippen LogP contribution in [0.4, 0.5) is 8.78 Å². The summed E-state index contributed by atoms with van der Waals surface area (Å²) in [5, 5.41) is 0.0869. The Hall–Kier alpha value is -2.77. The van der Waals surface area contributed by atoms with Crippen LogP contribution in [0.3, 0.4) is 0 Å². The second-order valence-corrected chi connectivity index (χ2v) is 9.62. The SMILES string of the molecule is CC(C)c1c(-c2ccc(Cl)c(F)c2)nc2n1CCN(C(=O)CN)C2(C)C.Cc1ccc(F)cc1. The number of rotatable bonds is 3. The molecule has 0 saturated carbocycles. The van der Waals surface area contributed by atoms with Crippen molar-refractivity contribution >= 4 is 17.5 Å². The summed E-state index contributed by atoms with van der Waals surface area (Å²) in [4.78, 5) is 18.9. The van der Waals surface area contributed by atoms with Gasteiger partial charge >= 0.3 is 0 Å². The Kier molecular flexibility index (Phi) is 7.78. The maximum absolute atomic E-state index is 14.0. The Bertz CT molecular complexity index is 1150. The Morgan fingerprint density at radius 3 is 2.32 bits per heavy atom. The average molecular weight is 489 g/mol. The molecule has 0 radical (unpaired) electrons. The molecule has 0 saturated heterocycles. The highest BCUT2D eigenvalue weighted by Crippen LogP contribution is 2.39. The number of aryl methyl sites for hydroxylation is 1. The minimum Gasteiger partial charge on any atom is -0.327 e. The van der Waals surface area contributed by atoms with Gasteiger partial charge in [0.25, 0.3) is 0 Å². The third kappa shape index (κ3) is 5.15. The summed E-state index contributed by atoms with van der Waals surface area (Å²) in [6.07, 6.45) is 0. The molecule has 2 aromatic carbocycles. The summed E-state index contributed by atoms with van der Waals surface area (Å²) in [5.41, 5.74) is 8.53. The van der Waals surface area contributed by atoms with E-state index in [0.717, 1.165) is 22.8 Å². The number of aromatic nitrogens is 2. The van der Waals surface area contributed by atoms with Gasteiger partial charge in [0.1, 0.15) is 17.5 Å². The van der Waals surface area contributed by atoms with E-state index in [-0.39, 0.29) is 29.2 Å². The van der Waals surface area contributed by atoms with Crippen LogP contribution in [0.15, 0.2) is 42.5 Å². The topological polar surface area (TPSA) is 64.2 Å². The minimum absolute atomic E-state index is 0.0313. The summed E-state index contributed by atoms with van der Waals surface area (Å²) >= 11 is 5.83. The molecule has 0 aliphatic carbocycles. The van der Waals surface area contributed by atoms with Gasteiger partial charge in [-0.25, -0.2) is 13.8 Å². The first-order chi connectivity index (χ1) is 16.0. The Balaban J connectivity index is 0.000000343. The number of benzene rings is 2. The van der Waals surface area contributed by atoms with E-state index < -0.39 is 11.4 Å². The van der Waals surface area contributed by atoms with Gasteiger partial charge in [-0.05, 0) is 51.0 Å². The van der Waals surface area contributed by atoms with Gasteiger partial charge in [-0.2, -0.15) is 0 Å². The number of hydrogen-bond donors (Lipinski definition) is 1. The summed E-state index contributed by atoms with van der Waals surface area (Å²) in [6.45, 7) is 11.2. The first kappa shape index (κ1) is 25.8. The van der Waals surface area contributed by atoms with E-state index in [1.807, 2.05) is 20.8 Å². The number of amides is 1. The highest BCUT2D eigenvalue weighted by atomic mass is 35.5. The van der Waals surface area contributed by atoms with Crippen molar-refractivity contribution in [3.63, 3.8) is 0 Å². The second-order valence-electron chi connectivity index (χ2n) is 9.21. The molecule has 2 heterocycles. The van der Waals surface area contributed by atoms with Crippen molar-refractivity contribution in [3.05, 3.63) is 76.2 Å². The molecule has 1 aliphatic heterocycles. The normalized spacial score (nSPS) is 14.5. The fourth-order valence-corrected chi connectivity index (χ4v) is 4.40. The quantitative estimate of drug-likeness (QED) is 0.519. The van der Waals surface area contributed by atoms with Crippen LogP contribution in [-0.2, 0) is 16.9 Å². The average Bonchev–Trinajstić information content (AvgIpc) is 3.19. The highest BCUT2D eigenvalue weighted by molar-refractivity contribution is 6.30. The molecule has 1 amide bonds. The molecule has 4 rings (SSSR count). The van der Waals surface area contributed by atoms with Crippen molar-refractivity contribution in [2.45, 2.75) is 52.6 Å². The first-order valence-electron chi connectivity index (χ1n) is 11.3. The maximum atomic E-state index is 14.0. The molecular formula is C26H31ClF2N4O. The van der Waals surface area contributed by atoms with E-state index in [1.54, 1.807) is 29.2 Å². The fraction of sp³-hybridized carbons (Fsp3) is 0.385. The summed E-state index contributed by atoms with van der Waals surface area (Å²) in [7, 11) is 0. The molecule has 0 bridgehead atoms. The minimum atomic E-state index is -0.596. The Morgan fingerprint density at radius 2 is 1.79 bits per heavy atom. The van der Waals surface area contributed by atoms with Gasteiger partial charge in [-0.15, -0.1) is 0 Å². The van der Waals surface area contributed by atoms with Crippen LogP contribution in [0, 0.1) is 18.6 Å². The van der Waals surface area contributed by atoms with Crippen LogP contribution in [0.25, 0.3) is 11.3 Å². The van der Waals surface area contributed by atoms with E-state index in [2.05, 4.69) is 18.4 Å². The van der Waals surface area contributed by atoms with Crippen LogP contribution in [-0.4, -0.2) is 33.4 Å². The molecule has 0 spiro atoms. The zero-order chi connectivity index (χ0) is 25.2. The van der Waals surface area contributed by atoms with Gasteiger partial charge < -0.3 is 15.2 Å². The van der Waals surface area contributed by atoms with Crippen molar-refractivity contribution in [2.24, 2.45) is 5.73 Å². The number of fused-ring (bicyclic) bond motifs is 1. The molecule has 1 aliphatic rings. The number of halogens is 3. The number of carbonyl (C=O) groups is 1. The monoisotopic (exact) mass is 488 g/mol. The lowest BCUT2D eigenvalue weighted by Gasteiger charge is -2.42. The number of nitrogens with two attached hydrogens (primary N) is 1. The van der Waals surface area contributed by atoms with Crippen molar-refractivity contribution in [2.75, 3.05) is 13.1 Å². The van der Waals surface area contributed by atoms with E-state index in [9.17, 15) is 13.6 Å². The Morgan fingerprint density at radius 1 is 1.15 bits per heavy atom. The zero-order valence-electron chi connectivity index (χ0n) is 20.2. The lowest BCUT2D eigenvalue weighted by atomic mass is 9.98. The summed E-state index contributed by atoms with van der Waals surface area (Å²) in [5.74, 6) is 0.242. The smallest absolute Gasteiger partial charge is 0.237 e. The zero-order valence-corrected chi connectivity index (χ0v) is 21.0. The summed E-state index contributed by atoms with van der Waals surface area (Å²) in [6, 6.07) is 11.1. The maximum Gasteiger partial charge on any atom is 0.237 e. The Labute approximate surface area is 204 Å². The molecule has 1 aromatic heterocycles. The molecule has 0 fully saturated rings. The highest BCUT2D eigenvalue weighted by Gasteiger charge is 2.41. The fourth-order valence-electron chi connectivity index (χ4n) is 4.28. The van der Waals surface area contributed by atoms with Crippen LogP contribution in [0.2, 0.25) is 5.02 Å². The molecule has 2 N–H and O–H groups in total. The third-order valence-corrected chi connectivity index (χ3v) is 6.31. The van der Waals surface area contributed by atoms with E-state index >= 15 is 0 Å². The van der Waals surface area contributed by atoms with Gasteiger partial charge in [-0.3, -0.25) is 4.79 Å². The summed E-state index contributed by atoms with van der Waals surface area (Å²) < 4.78 is 28.3. The predicted molar refractivity (Wildman–Crippen MR) is 132 cm³/mol. The standard InChI is InChI=1S/C19H24ClFN4O.C7H7F/c1-11(2)17-16(12-5-6-13(20)14(21)9-12)23-18-19(3,4)25(15(26)10-22)8-7-24(17)18;1-6-2-4-7(8)5-3-6/h5-6,9,11H,7-8,10,22H2,1-4H3;2-5H,1H3. The lowest BCUT2D eigenvalue weighted by Crippen LogP contribution is -2.53. The van der Waals surface area contributed by atoms with E-state index in [1.165, 1.54) is 18.2 Å². The number of imidazole rings is 1. The molecule has 182 valence electrons. The lowest BCUT2D eigenvalue weighted by molar-refractivity contribution is -0.137. The van der Waals surface area contributed by atoms with Crippen molar-refractivity contribution in [3.8, 4) is 11.3 Å². The van der Waals surface area contributed by atoms with Crippen molar-refractivity contribution in [1.82, 2.24) is 14.5 Å². The number of carbonyl (C=O) groups excluding carboxylic acids is 1. The number of hydrogen-bond acceptors (Lipinski definition) is 3. The van der Waals surface area contributed by atoms with Crippen LogP contribution < -0.4 is 5.73 Å². The molecule has 0 atom stereocenters. The van der Waals surface area contributed by atoms with Crippen LogP contribution >= 0.6 is 11.6 Å². The van der Waals surface area contributed by atoms with Gasteiger partial charge in [0.05, 0.1) is 22.8 Å².